The minimum Gasteiger partial charge on any atom is -0.357 e. The van der Waals surface area contributed by atoms with Crippen molar-refractivity contribution in [3.05, 3.63) is 41.7 Å². The van der Waals surface area contributed by atoms with Crippen LogP contribution in [0.15, 0.2) is 30.6 Å². The van der Waals surface area contributed by atoms with Crippen molar-refractivity contribution >= 4 is 17.3 Å². The van der Waals surface area contributed by atoms with E-state index in [1.165, 1.54) is 11.1 Å². The second-order valence-corrected chi connectivity index (χ2v) is 4.83. The van der Waals surface area contributed by atoms with Crippen LogP contribution in [0.25, 0.3) is 0 Å². The molecular formula is C16H22N4. The highest BCUT2D eigenvalue weighted by atomic mass is 15.2. The van der Waals surface area contributed by atoms with E-state index in [-0.39, 0.29) is 0 Å². The number of anilines is 3. The topological polar surface area (TPSA) is 41.0 Å². The molecule has 0 saturated heterocycles. The number of aromatic nitrogens is 2. The minimum absolute atomic E-state index is 0.833. The largest absolute Gasteiger partial charge is 0.357 e. The Kier molecular flexibility index (Phi) is 4.56. The zero-order valence-corrected chi connectivity index (χ0v) is 12.6. The molecule has 0 atom stereocenters. The molecule has 1 aromatic carbocycles. The lowest BCUT2D eigenvalue weighted by Crippen LogP contribution is -2.23. The monoisotopic (exact) mass is 270 g/mol. The van der Waals surface area contributed by atoms with E-state index in [0.29, 0.717) is 0 Å². The molecule has 2 aromatic rings. The second kappa shape index (κ2) is 6.37. The van der Waals surface area contributed by atoms with E-state index < -0.39 is 0 Å². The van der Waals surface area contributed by atoms with E-state index >= 15 is 0 Å². The molecule has 1 N–H and O–H groups in total. The van der Waals surface area contributed by atoms with Crippen LogP contribution in [-0.2, 0) is 0 Å². The molecule has 0 saturated carbocycles. The highest BCUT2D eigenvalue weighted by Gasteiger charge is 2.07. The number of rotatable bonds is 5. The van der Waals surface area contributed by atoms with Crippen LogP contribution in [0.5, 0.6) is 0 Å². The molecule has 1 aromatic heterocycles. The van der Waals surface area contributed by atoms with Crippen LogP contribution in [0.3, 0.4) is 0 Å². The number of nitrogens with zero attached hydrogens (tertiary/aromatic N) is 3. The van der Waals surface area contributed by atoms with E-state index in [0.717, 1.165) is 30.4 Å². The molecule has 2 rings (SSSR count). The zero-order valence-electron chi connectivity index (χ0n) is 12.6. The molecule has 0 fully saturated rings. The number of hydrogen-bond donors (Lipinski definition) is 1. The van der Waals surface area contributed by atoms with Crippen molar-refractivity contribution in [1.29, 1.82) is 0 Å². The summed E-state index contributed by atoms with van der Waals surface area (Å²) in [4.78, 5) is 10.9. The summed E-state index contributed by atoms with van der Waals surface area (Å²) in [6.45, 7) is 10.3. The average molecular weight is 270 g/mol. The van der Waals surface area contributed by atoms with Crippen LogP contribution in [0.2, 0.25) is 0 Å². The Balaban J connectivity index is 2.28. The lowest BCUT2D eigenvalue weighted by atomic mass is 10.1. The first-order valence-corrected chi connectivity index (χ1v) is 7.06. The molecule has 4 nitrogen and oxygen atoms in total. The van der Waals surface area contributed by atoms with E-state index in [1.807, 2.05) is 6.07 Å². The van der Waals surface area contributed by atoms with Gasteiger partial charge in [0.1, 0.15) is 18.0 Å². The summed E-state index contributed by atoms with van der Waals surface area (Å²) in [7, 11) is 0. The predicted octanol–water partition coefficient (Wildman–Crippen LogP) is 3.68. The highest BCUT2D eigenvalue weighted by Crippen LogP contribution is 2.24. The number of nitrogens with one attached hydrogen (secondary N) is 1. The lowest BCUT2D eigenvalue weighted by Gasteiger charge is -2.20. The van der Waals surface area contributed by atoms with Crippen LogP contribution in [0, 0.1) is 13.8 Å². The number of benzene rings is 1. The Morgan fingerprint density at radius 1 is 1.05 bits per heavy atom. The standard InChI is InChI=1S/C16H22N4/c1-5-20(6-2)15-10-14(17-11-18-15)19-16-12(3)8-7-9-13(16)4/h7-11H,5-6H2,1-4H3,(H,17,18,19). The van der Waals surface area contributed by atoms with Gasteiger partial charge in [0.25, 0.3) is 0 Å². The van der Waals surface area contributed by atoms with Gasteiger partial charge in [-0.2, -0.15) is 0 Å². The molecule has 4 heteroatoms. The van der Waals surface area contributed by atoms with Gasteiger partial charge >= 0.3 is 0 Å². The fourth-order valence-electron chi connectivity index (χ4n) is 2.28. The SMILES string of the molecule is CCN(CC)c1cc(Nc2c(C)cccc2C)ncn1. The van der Waals surface area contributed by atoms with Crippen molar-refractivity contribution in [2.45, 2.75) is 27.7 Å². The molecule has 0 spiro atoms. The van der Waals surface area contributed by atoms with Crippen LogP contribution in [0.4, 0.5) is 17.3 Å². The third kappa shape index (κ3) is 3.07. The molecule has 0 aliphatic rings. The molecule has 0 radical (unpaired) electrons. The molecule has 106 valence electrons. The zero-order chi connectivity index (χ0) is 14.5. The lowest BCUT2D eigenvalue weighted by molar-refractivity contribution is 0.842. The average Bonchev–Trinajstić information content (AvgIpc) is 2.45. The smallest absolute Gasteiger partial charge is 0.135 e. The summed E-state index contributed by atoms with van der Waals surface area (Å²) in [5.74, 6) is 1.79. The van der Waals surface area contributed by atoms with Crippen LogP contribution in [0.1, 0.15) is 25.0 Å². The van der Waals surface area contributed by atoms with Gasteiger partial charge < -0.3 is 10.2 Å². The summed E-state index contributed by atoms with van der Waals surface area (Å²) in [6.07, 6.45) is 1.61. The molecule has 0 bridgehead atoms. The van der Waals surface area contributed by atoms with E-state index in [4.69, 9.17) is 0 Å². The van der Waals surface area contributed by atoms with Crippen molar-refractivity contribution in [2.75, 3.05) is 23.3 Å². The summed E-state index contributed by atoms with van der Waals surface area (Å²) < 4.78 is 0. The van der Waals surface area contributed by atoms with Gasteiger partial charge in [-0.25, -0.2) is 9.97 Å². The maximum atomic E-state index is 4.34. The molecule has 0 unspecified atom stereocenters. The van der Waals surface area contributed by atoms with Gasteiger partial charge in [-0.3, -0.25) is 0 Å². The Morgan fingerprint density at radius 2 is 1.70 bits per heavy atom. The fourth-order valence-corrected chi connectivity index (χ4v) is 2.28. The van der Waals surface area contributed by atoms with Crippen LogP contribution < -0.4 is 10.2 Å². The fraction of sp³-hybridized carbons (Fsp3) is 0.375. The molecule has 20 heavy (non-hydrogen) atoms. The van der Waals surface area contributed by atoms with Gasteiger partial charge in [-0.1, -0.05) is 18.2 Å². The first kappa shape index (κ1) is 14.3. The van der Waals surface area contributed by atoms with Crippen molar-refractivity contribution in [3.8, 4) is 0 Å². The van der Waals surface area contributed by atoms with Gasteiger partial charge in [0.2, 0.25) is 0 Å². The van der Waals surface area contributed by atoms with Crippen molar-refractivity contribution < 1.29 is 0 Å². The Hall–Kier alpha value is -2.10. The third-order valence-electron chi connectivity index (χ3n) is 3.47. The molecule has 0 aliphatic heterocycles. The van der Waals surface area contributed by atoms with E-state index in [2.05, 4.69) is 66.1 Å². The van der Waals surface area contributed by atoms with Gasteiger partial charge in [-0.05, 0) is 38.8 Å². The number of aryl methyl sites for hydroxylation is 2. The van der Waals surface area contributed by atoms with Gasteiger partial charge in [0, 0.05) is 24.8 Å². The highest BCUT2D eigenvalue weighted by molar-refractivity contribution is 5.65. The number of para-hydroxylation sites is 1. The Labute approximate surface area is 120 Å². The maximum Gasteiger partial charge on any atom is 0.135 e. The maximum absolute atomic E-state index is 4.34. The van der Waals surface area contributed by atoms with Crippen molar-refractivity contribution in [3.63, 3.8) is 0 Å². The van der Waals surface area contributed by atoms with Crippen LogP contribution in [-0.4, -0.2) is 23.1 Å². The predicted molar refractivity (Wildman–Crippen MR) is 84.8 cm³/mol. The quantitative estimate of drug-likeness (QED) is 0.899. The summed E-state index contributed by atoms with van der Waals surface area (Å²) in [5.41, 5.74) is 3.55. The van der Waals surface area contributed by atoms with Gasteiger partial charge in [0.05, 0.1) is 0 Å². The minimum atomic E-state index is 0.833. The normalized spacial score (nSPS) is 10.4. The second-order valence-electron chi connectivity index (χ2n) is 4.83. The van der Waals surface area contributed by atoms with E-state index in [9.17, 15) is 0 Å². The molecular weight excluding hydrogens is 248 g/mol. The Morgan fingerprint density at radius 3 is 2.30 bits per heavy atom. The van der Waals surface area contributed by atoms with Crippen molar-refractivity contribution in [2.24, 2.45) is 0 Å². The van der Waals surface area contributed by atoms with Gasteiger partial charge in [-0.15, -0.1) is 0 Å². The summed E-state index contributed by atoms with van der Waals surface area (Å²) in [5, 5.41) is 3.41. The first-order valence-electron chi connectivity index (χ1n) is 7.06. The third-order valence-corrected chi connectivity index (χ3v) is 3.47. The first-order chi connectivity index (χ1) is 9.65. The number of hydrogen-bond acceptors (Lipinski definition) is 4. The molecule has 0 amide bonds. The van der Waals surface area contributed by atoms with Gasteiger partial charge in [0.15, 0.2) is 0 Å². The molecule has 1 heterocycles. The van der Waals surface area contributed by atoms with Crippen molar-refractivity contribution in [1.82, 2.24) is 9.97 Å². The summed E-state index contributed by atoms with van der Waals surface area (Å²) >= 11 is 0. The Bertz CT molecular complexity index is 556. The van der Waals surface area contributed by atoms with Crippen LogP contribution >= 0.6 is 0 Å². The summed E-state index contributed by atoms with van der Waals surface area (Å²) in [6, 6.07) is 8.26. The molecule has 0 aliphatic carbocycles. The van der Waals surface area contributed by atoms with E-state index in [1.54, 1.807) is 6.33 Å².